The van der Waals surface area contributed by atoms with Crippen molar-refractivity contribution in [1.29, 1.82) is 0 Å². The Morgan fingerprint density at radius 1 is 1.07 bits per heavy atom. The van der Waals surface area contributed by atoms with Crippen LogP contribution in [0.4, 0.5) is 0 Å². The Hall–Kier alpha value is -3.41. The van der Waals surface area contributed by atoms with E-state index in [0.29, 0.717) is 18.7 Å². The van der Waals surface area contributed by atoms with E-state index in [2.05, 4.69) is 20.4 Å². The fourth-order valence-electron chi connectivity index (χ4n) is 3.03. The average Bonchev–Trinajstić information content (AvgIpc) is 3.34. The Morgan fingerprint density at radius 2 is 1.93 bits per heavy atom. The number of hydrogen-bond donors (Lipinski definition) is 2. The number of imidazole rings is 1. The second kappa shape index (κ2) is 7.86. The standard InChI is InChI=1S/C21H21N5O/c27-21(17-10-8-16(9-11-17)15-26-14-4-13-23-26)22-12-3-7-20-24-18-5-1-2-6-19(18)25-20/h1-2,4-6,8-11,13-14H,3,7,12,15H2,(H,22,27)(H,24,25). The first-order valence-electron chi connectivity index (χ1n) is 9.06. The third-order valence-electron chi connectivity index (χ3n) is 4.43. The molecule has 2 aromatic carbocycles. The van der Waals surface area contributed by atoms with Gasteiger partial charge in [0.1, 0.15) is 5.82 Å². The molecule has 2 aromatic heterocycles. The zero-order valence-corrected chi connectivity index (χ0v) is 14.9. The van der Waals surface area contributed by atoms with E-state index in [1.807, 2.05) is 65.5 Å². The molecule has 0 bridgehead atoms. The molecule has 0 aliphatic rings. The summed E-state index contributed by atoms with van der Waals surface area (Å²) < 4.78 is 1.85. The lowest BCUT2D eigenvalue weighted by Gasteiger charge is -2.06. The van der Waals surface area contributed by atoms with Crippen LogP contribution in [0.1, 0.15) is 28.2 Å². The first-order valence-corrected chi connectivity index (χ1v) is 9.06. The van der Waals surface area contributed by atoms with Gasteiger partial charge in [-0.2, -0.15) is 5.10 Å². The van der Waals surface area contributed by atoms with Crippen molar-refractivity contribution < 1.29 is 4.79 Å². The molecule has 6 nitrogen and oxygen atoms in total. The number of amides is 1. The smallest absolute Gasteiger partial charge is 0.251 e. The van der Waals surface area contributed by atoms with E-state index in [4.69, 9.17) is 0 Å². The van der Waals surface area contributed by atoms with Crippen LogP contribution >= 0.6 is 0 Å². The fraction of sp³-hybridized carbons (Fsp3) is 0.190. The molecule has 0 aliphatic heterocycles. The number of aryl methyl sites for hydroxylation is 1. The summed E-state index contributed by atoms with van der Waals surface area (Å²) in [6.45, 7) is 1.32. The molecule has 4 rings (SSSR count). The normalized spacial score (nSPS) is 11.0. The minimum absolute atomic E-state index is 0.0507. The molecule has 2 N–H and O–H groups in total. The van der Waals surface area contributed by atoms with Crippen LogP contribution < -0.4 is 5.32 Å². The number of rotatable bonds is 7. The van der Waals surface area contributed by atoms with Gasteiger partial charge in [0.25, 0.3) is 5.91 Å². The van der Waals surface area contributed by atoms with Crippen LogP contribution in [0.2, 0.25) is 0 Å². The molecule has 4 aromatic rings. The Balaban J connectivity index is 1.25. The van der Waals surface area contributed by atoms with Crippen molar-refractivity contribution in [2.75, 3.05) is 6.54 Å². The molecule has 0 saturated heterocycles. The van der Waals surface area contributed by atoms with Crippen LogP contribution in [-0.2, 0) is 13.0 Å². The highest BCUT2D eigenvalue weighted by Crippen LogP contribution is 2.11. The zero-order valence-electron chi connectivity index (χ0n) is 14.9. The maximum atomic E-state index is 12.3. The minimum atomic E-state index is -0.0507. The number of aromatic nitrogens is 4. The van der Waals surface area contributed by atoms with Crippen molar-refractivity contribution in [2.24, 2.45) is 0 Å². The number of benzene rings is 2. The maximum Gasteiger partial charge on any atom is 0.251 e. The summed E-state index contributed by atoms with van der Waals surface area (Å²) in [6, 6.07) is 17.5. The van der Waals surface area contributed by atoms with Crippen LogP contribution in [0.15, 0.2) is 67.0 Å². The summed E-state index contributed by atoms with van der Waals surface area (Å²) >= 11 is 0. The highest BCUT2D eigenvalue weighted by molar-refractivity contribution is 5.94. The zero-order chi connectivity index (χ0) is 18.5. The Labute approximate surface area is 157 Å². The van der Waals surface area contributed by atoms with E-state index in [1.54, 1.807) is 6.20 Å². The first-order chi connectivity index (χ1) is 13.3. The van der Waals surface area contributed by atoms with Gasteiger partial charge >= 0.3 is 0 Å². The first kappa shape index (κ1) is 17.0. The number of nitrogens with one attached hydrogen (secondary N) is 2. The Kier molecular flexibility index (Phi) is 4.96. The van der Waals surface area contributed by atoms with Crippen LogP contribution in [0.25, 0.3) is 11.0 Å². The minimum Gasteiger partial charge on any atom is -0.352 e. The summed E-state index contributed by atoms with van der Waals surface area (Å²) in [5.74, 6) is 0.902. The number of nitrogens with zero attached hydrogens (tertiary/aromatic N) is 3. The summed E-state index contributed by atoms with van der Waals surface area (Å²) in [5, 5.41) is 7.16. The van der Waals surface area contributed by atoms with Gasteiger partial charge in [-0.3, -0.25) is 9.48 Å². The lowest BCUT2D eigenvalue weighted by Crippen LogP contribution is -2.24. The van der Waals surface area contributed by atoms with E-state index >= 15 is 0 Å². The molecule has 6 heteroatoms. The van der Waals surface area contributed by atoms with Gasteiger partial charge in [0.2, 0.25) is 0 Å². The molecule has 0 radical (unpaired) electrons. The van der Waals surface area contributed by atoms with Gasteiger partial charge in [0, 0.05) is 30.9 Å². The van der Waals surface area contributed by atoms with E-state index in [0.717, 1.165) is 35.3 Å². The second-order valence-corrected chi connectivity index (χ2v) is 6.46. The number of H-pyrrole nitrogens is 1. The predicted octanol–water partition coefficient (Wildman–Crippen LogP) is 3.17. The number of carbonyl (C=O) groups is 1. The molecule has 0 unspecified atom stereocenters. The summed E-state index contributed by atoms with van der Waals surface area (Å²) in [4.78, 5) is 20.1. The number of hydrogen-bond acceptors (Lipinski definition) is 3. The van der Waals surface area contributed by atoms with E-state index in [-0.39, 0.29) is 5.91 Å². The molecule has 136 valence electrons. The maximum absolute atomic E-state index is 12.3. The Bertz CT molecular complexity index is 985. The number of carbonyl (C=O) groups excluding carboxylic acids is 1. The summed E-state index contributed by atoms with van der Waals surface area (Å²) in [5.41, 5.74) is 3.81. The monoisotopic (exact) mass is 359 g/mol. The predicted molar refractivity (Wildman–Crippen MR) is 105 cm³/mol. The van der Waals surface area contributed by atoms with Crippen molar-refractivity contribution in [1.82, 2.24) is 25.1 Å². The molecular formula is C21H21N5O. The highest BCUT2D eigenvalue weighted by Gasteiger charge is 2.06. The molecule has 0 spiro atoms. The average molecular weight is 359 g/mol. The van der Waals surface area contributed by atoms with Crippen molar-refractivity contribution in [3.05, 3.63) is 83.9 Å². The summed E-state index contributed by atoms with van der Waals surface area (Å²) in [7, 11) is 0. The molecule has 1 amide bonds. The molecule has 0 saturated carbocycles. The van der Waals surface area contributed by atoms with Crippen LogP contribution in [0, 0.1) is 0 Å². The topological polar surface area (TPSA) is 75.6 Å². The van der Waals surface area contributed by atoms with Crippen molar-refractivity contribution in [2.45, 2.75) is 19.4 Å². The quantitative estimate of drug-likeness (QED) is 0.498. The van der Waals surface area contributed by atoms with Gasteiger partial charge in [0.15, 0.2) is 0 Å². The van der Waals surface area contributed by atoms with Gasteiger partial charge in [0.05, 0.1) is 17.6 Å². The molecule has 0 aliphatic carbocycles. The molecular weight excluding hydrogens is 338 g/mol. The Morgan fingerprint density at radius 3 is 2.70 bits per heavy atom. The van der Waals surface area contributed by atoms with Gasteiger partial charge in [-0.05, 0) is 42.3 Å². The van der Waals surface area contributed by atoms with Crippen molar-refractivity contribution in [3.63, 3.8) is 0 Å². The summed E-state index contributed by atoms with van der Waals surface area (Å²) in [6.07, 6.45) is 5.32. The van der Waals surface area contributed by atoms with Crippen LogP contribution in [0.3, 0.4) is 0 Å². The molecule has 27 heavy (non-hydrogen) atoms. The SMILES string of the molecule is O=C(NCCCc1nc2ccccc2[nH]1)c1ccc(Cn2cccn2)cc1. The van der Waals surface area contributed by atoms with E-state index in [9.17, 15) is 4.79 Å². The molecule has 0 atom stereocenters. The third kappa shape index (κ3) is 4.23. The second-order valence-electron chi connectivity index (χ2n) is 6.46. The van der Waals surface area contributed by atoms with Gasteiger partial charge in [-0.25, -0.2) is 4.98 Å². The molecule has 2 heterocycles. The van der Waals surface area contributed by atoms with Gasteiger partial charge in [-0.15, -0.1) is 0 Å². The third-order valence-corrected chi connectivity index (χ3v) is 4.43. The van der Waals surface area contributed by atoms with Crippen molar-refractivity contribution in [3.8, 4) is 0 Å². The van der Waals surface area contributed by atoms with Gasteiger partial charge in [-0.1, -0.05) is 24.3 Å². The van der Waals surface area contributed by atoms with E-state index < -0.39 is 0 Å². The fourth-order valence-corrected chi connectivity index (χ4v) is 3.03. The van der Waals surface area contributed by atoms with Crippen LogP contribution in [0.5, 0.6) is 0 Å². The lowest BCUT2D eigenvalue weighted by molar-refractivity contribution is 0.0953. The number of para-hydroxylation sites is 2. The highest BCUT2D eigenvalue weighted by atomic mass is 16.1. The van der Waals surface area contributed by atoms with E-state index in [1.165, 1.54) is 0 Å². The van der Waals surface area contributed by atoms with Crippen LogP contribution in [-0.4, -0.2) is 32.2 Å². The lowest BCUT2D eigenvalue weighted by atomic mass is 10.1. The van der Waals surface area contributed by atoms with Gasteiger partial charge < -0.3 is 10.3 Å². The number of fused-ring (bicyclic) bond motifs is 1. The van der Waals surface area contributed by atoms with Crippen molar-refractivity contribution >= 4 is 16.9 Å². The molecule has 0 fully saturated rings. The number of aromatic amines is 1. The largest absolute Gasteiger partial charge is 0.352 e.